The lowest BCUT2D eigenvalue weighted by Gasteiger charge is -2.23. The Labute approximate surface area is 114 Å². The van der Waals surface area contributed by atoms with E-state index in [0.717, 1.165) is 32.3 Å². The van der Waals surface area contributed by atoms with Gasteiger partial charge in [-0.25, -0.2) is 0 Å². The van der Waals surface area contributed by atoms with E-state index in [9.17, 15) is 5.11 Å². The third kappa shape index (κ3) is 4.38. The smallest absolute Gasteiger partial charge is 0.0589 e. The number of hydrogen-bond donors (Lipinski definition) is 1. The minimum Gasteiger partial charge on any atom is -0.393 e. The number of thiophene rings is 1. The number of rotatable bonds is 6. The minimum absolute atomic E-state index is 0.209. The standard InChI is InChI=1S/C15H24O2S/c1-2-14-8-9-15(18-14)11-12(16)6-7-13-5-3-4-10-17-13/h8-9,12-13,16H,2-7,10-11H2,1H3. The number of ether oxygens (including phenoxy) is 1. The first kappa shape index (κ1) is 14.0. The molecule has 2 nitrogen and oxygen atoms in total. The van der Waals surface area contributed by atoms with E-state index in [1.54, 1.807) is 0 Å². The molecule has 0 bridgehead atoms. The summed E-state index contributed by atoms with van der Waals surface area (Å²) in [5.41, 5.74) is 0. The SMILES string of the molecule is CCc1ccc(CC(O)CCC2CCCCO2)s1. The first-order valence-electron chi connectivity index (χ1n) is 7.15. The van der Waals surface area contributed by atoms with Gasteiger partial charge < -0.3 is 9.84 Å². The number of hydrogen-bond acceptors (Lipinski definition) is 3. The maximum atomic E-state index is 10.1. The van der Waals surface area contributed by atoms with Crippen LogP contribution in [0.25, 0.3) is 0 Å². The molecule has 1 aliphatic rings. The monoisotopic (exact) mass is 268 g/mol. The van der Waals surface area contributed by atoms with Crippen molar-refractivity contribution in [2.45, 2.75) is 64.1 Å². The molecule has 0 radical (unpaired) electrons. The van der Waals surface area contributed by atoms with Crippen LogP contribution in [0.3, 0.4) is 0 Å². The van der Waals surface area contributed by atoms with Gasteiger partial charge in [-0.05, 0) is 50.7 Å². The summed E-state index contributed by atoms with van der Waals surface area (Å²) in [4.78, 5) is 2.72. The van der Waals surface area contributed by atoms with Crippen molar-refractivity contribution in [2.24, 2.45) is 0 Å². The molecular formula is C15H24O2S. The molecule has 0 saturated carbocycles. The molecule has 1 N–H and O–H groups in total. The van der Waals surface area contributed by atoms with Crippen LogP contribution in [0.2, 0.25) is 0 Å². The first-order chi connectivity index (χ1) is 8.78. The quantitative estimate of drug-likeness (QED) is 0.854. The molecule has 102 valence electrons. The number of aryl methyl sites for hydroxylation is 1. The Morgan fingerprint density at radius 2 is 2.22 bits per heavy atom. The summed E-state index contributed by atoms with van der Waals surface area (Å²) < 4.78 is 5.69. The van der Waals surface area contributed by atoms with E-state index in [0.29, 0.717) is 6.10 Å². The van der Waals surface area contributed by atoms with Gasteiger partial charge in [-0.3, -0.25) is 0 Å². The van der Waals surface area contributed by atoms with Gasteiger partial charge in [0.2, 0.25) is 0 Å². The second kappa shape index (κ2) is 7.27. The van der Waals surface area contributed by atoms with Crippen molar-refractivity contribution in [3.05, 3.63) is 21.9 Å². The van der Waals surface area contributed by atoms with Crippen molar-refractivity contribution in [2.75, 3.05) is 6.61 Å². The summed E-state index contributed by atoms with van der Waals surface area (Å²) in [6.45, 7) is 3.08. The zero-order valence-electron chi connectivity index (χ0n) is 11.2. The van der Waals surface area contributed by atoms with Gasteiger partial charge in [0.15, 0.2) is 0 Å². The lowest BCUT2D eigenvalue weighted by molar-refractivity contribution is 0.00239. The highest BCUT2D eigenvalue weighted by atomic mass is 32.1. The van der Waals surface area contributed by atoms with Crippen molar-refractivity contribution in [3.8, 4) is 0 Å². The summed E-state index contributed by atoms with van der Waals surface area (Å²) in [6.07, 6.45) is 7.61. The lowest BCUT2D eigenvalue weighted by atomic mass is 10.0. The molecular weight excluding hydrogens is 244 g/mol. The molecule has 0 aliphatic carbocycles. The summed E-state index contributed by atoms with van der Waals surface area (Å²) >= 11 is 1.83. The maximum Gasteiger partial charge on any atom is 0.0589 e. The van der Waals surface area contributed by atoms with Gasteiger partial charge >= 0.3 is 0 Å². The van der Waals surface area contributed by atoms with Gasteiger partial charge in [-0.2, -0.15) is 0 Å². The fourth-order valence-corrected chi connectivity index (χ4v) is 3.50. The molecule has 1 aromatic rings. The van der Waals surface area contributed by atoms with E-state index >= 15 is 0 Å². The van der Waals surface area contributed by atoms with Gasteiger partial charge in [0.1, 0.15) is 0 Å². The summed E-state index contributed by atoms with van der Waals surface area (Å²) in [5, 5.41) is 10.1. The average molecular weight is 268 g/mol. The second-order valence-corrected chi connectivity index (χ2v) is 6.40. The lowest BCUT2D eigenvalue weighted by Crippen LogP contribution is -2.21. The maximum absolute atomic E-state index is 10.1. The first-order valence-corrected chi connectivity index (χ1v) is 7.97. The zero-order valence-corrected chi connectivity index (χ0v) is 12.0. The molecule has 0 aromatic carbocycles. The van der Waals surface area contributed by atoms with E-state index in [-0.39, 0.29) is 6.10 Å². The fraction of sp³-hybridized carbons (Fsp3) is 0.733. The van der Waals surface area contributed by atoms with Crippen LogP contribution in [0.15, 0.2) is 12.1 Å². The summed E-state index contributed by atoms with van der Waals surface area (Å²) in [7, 11) is 0. The molecule has 1 fully saturated rings. The van der Waals surface area contributed by atoms with Crippen molar-refractivity contribution >= 4 is 11.3 Å². The van der Waals surface area contributed by atoms with Crippen LogP contribution >= 0.6 is 11.3 Å². The van der Waals surface area contributed by atoms with Crippen LogP contribution in [0, 0.1) is 0 Å². The molecule has 3 heteroatoms. The van der Waals surface area contributed by atoms with E-state index in [1.165, 1.54) is 29.0 Å². The van der Waals surface area contributed by atoms with E-state index in [2.05, 4.69) is 19.1 Å². The molecule has 1 aliphatic heterocycles. The van der Waals surface area contributed by atoms with Crippen LogP contribution < -0.4 is 0 Å². The van der Waals surface area contributed by atoms with Gasteiger partial charge in [0.05, 0.1) is 12.2 Å². The van der Waals surface area contributed by atoms with E-state index in [4.69, 9.17) is 4.74 Å². The normalized spacial score (nSPS) is 22.0. The zero-order chi connectivity index (χ0) is 12.8. The number of aliphatic hydroxyl groups excluding tert-OH is 1. The van der Waals surface area contributed by atoms with Crippen molar-refractivity contribution in [1.29, 1.82) is 0 Å². The molecule has 2 heterocycles. The fourth-order valence-electron chi connectivity index (χ4n) is 2.47. The molecule has 18 heavy (non-hydrogen) atoms. The van der Waals surface area contributed by atoms with Gasteiger partial charge in [0, 0.05) is 22.8 Å². The molecule has 1 saturated heterocycles. The largest absolute Gasteiger partial charge is 0.393 e. The Morgan fingerprint density at radius 3 is 2.89 bits per heavy atom. The average Bonchev–Trinajstić information content (AvgIpc) is 2.85. The van der Waals surface area contributed by atoms with Crippen molar-refractivity contribution in [3.63, 3.8) is 0 Å². The molecule has 2 atom stereocenters. The van der Waals surface area contributed by atoms with Gasteiger partial charge in [-0.1, -0.05) is 6.92 Å². The molecule has 0 amide bonds. The Morgan fingerprint density at radius 1 is 1.39 bits per heavy atom. The molecule has 1 aromatic heterocycles. The summed E-state index contributed by atoms with van der Waals surface area (Å²) in [5.74, 6) is 0. The molecule has 2 rings (SSSR count). The van der Waals surface area contributed by atoms with Gasteiger partial charge in [-0.15, -0.1) is 11.3 Å². The molecule has 0 spiro atoms. The third-order valence-corrected chi connectivity index (χ3v) is 4.85. The van der Waals surface area contributed by atoms with E-state index in [1.807, 2.05) is 11.3 Å². The topological polar surface area (TPSA) is 29.5 Å². The molecule has 2 unspecified atom stereocenters. The van der Waals surface area contributed by atoms with Crippen LogP contribution in [0.1, 0.15) is 48.8 Å². The van der Waals surface area contributed by atoms with Crippen molar-refractivity contribution in [1.82, 2.24) is 0 Å². The highest BCUT2D eigenvalue weighted by Crippen LogP contribution is 2.22. The summed E-state index contributed by atoms with van der Waals surface area (Å²) in [6, 6.07) is 4.33. The highest BCUT2D eigenvalue weighted by molar-refractivity contribution is 7.11. The Kier molecular flexibility index (Phi) is 5.67. The predicted octanol–water partition coefficient (Wildman–Crippen LogP) is 3.56. The highest BCUT2D eigenvalue weighted by Gasteiger charge is 2.16. The van der Waals surface area contributed by atoms with Crippen molar-refractivity contribution < 1.29 is 9.84 Å². The van der Waals surface area contributed by atoms with Crippen LogP contribution in [-0.2, 0) is 17.6 Å². The van der Waals surface area contributed by atoms with Crippen LogP contribution in [0.4, 0.5) is 0 Å². The number of aliphatic hydroxyl groups is 1. The van der Waals surface area contributed by atoms with Gasteiger partial charge in [0.25, 0.3) is 0 Å². The Bertz CT molecular complexity index is 342. The van der Waals surface area contributed by atoms with Crippen LogP contribution in [-0.4, -0.2) is 23.9 Å². The Hall–Kier alpha value is -0.380. The predicted molar refractivity (Wildman–Crippen MR) is 76.2 cm³/mol. The van der Waals surface area contributed by atoms with Crippen LogP contribution in [0.5, 0.6) is 0 Å². The Balaban J connectivity index is 1.69. The minimum atomic E-state index is -0.209. The third-order valence-electron chi connectivity index (χ3n) is 3.60. The van der Waals surface area contributed by atoms with E-state index < -0.39 is 0 Å². The second-order valence-electron chi connectivity index (χ2n) is 5.15.